The molecule has 0 spiro atoms. The van der Waals surface area contributed by atoms with Gasteiger partial charge in [0, 0.05) is 44.7 Å². The van der Waals surface area contributed by atoms with Gasteiger partial charge in [0.05, 0.1) is 5.69 Å². The van der Waals surface area contributed by atoms with Crippen LogP contribution in [0.25, 0.3) is 55.6 Å². The Labute approximate surface area is 421 Å². The first-order valence-electron chi connectivity index (χ1n) is 25.7. The van der Waals surface area contributed by atoms with E-state index in [0.717, 1.165) is 0 Å². The van der Waals surface area contributed by atoms with E-state index in [4.69, 9.17) is 0 Å². The Balaban J connectivity index is 1.23. The van der Waals surface area contributed by atoms with Gasteiger partial charge in [0.15, 0.2) is 0 Å². The largest absolute Gasteiger partial charge is 0.376 e. The van der Waals surface area contributed by atoms with Crippen LogP contribution in [0, 0.1) is 0 Å². The molecule has 3 heteroatoms. The molecule has 0 radical (unpaired) electrons. The lowest BCUT2D eigenvalue weighted by molar-refractivity contribution is 0.590. The van der Waals surface area contributed by atoms with E-state index >= 15 is 0 Å². The predicted octanol–water partition coefficient (Wildman–Crippen LogP) is 16.9. The van der Waals surface area contributed by atoms with Gasteiger partial charge in [0.2, 0.25) is 0 Å². The Kier molecular flexibility index (Phi) is 9.27. The third kappa shape index (κ3) is 6.27. The number of anilines is 5. The van der Waals surface area contributed by atoms with Crippen molar-refractivity contribution >= 4 is 46.2 Å². The van der Waals surface area contributed by atoms with E-state index in [9.17, 15) is 0 Å². The normalized spacial score (nSPS) is 15.3. The van der Waals surface area contributed by atoms with Gasteiger partial charge < -0.3 is 9.71 Å². The fourth-order valence-corrected chi connectivity index (χ4v) is 13.2. The number of hydrogen-bond donors (Lipinski definition) is 0. The number of nitrogens with zero attached hydrogens (tertiary/aromatic N) is 2. The second kappa shape index (κ2) is 15.1. The molecule has 346 valence electrons. The molecule has 4 aliphatic rings. The van der Waals surface area contributed by atoms with Crippen molar-refractivity contribution in [1.29, 1.82) is 0 Å². The first-order valence-corrected chi connectivity index (χ1v) is 25.7. The molecule has 0 unspecified atom stereocenters. The molecule has 0 saturated carbocycles. The fraction of sp³-hybridized carbons (Fsp3) is 0.206. The Morgan fingerprint density at radius 3 is 1.61 bits per heavy atom. The molecule has 2 heterocycles. The molecule has 0 saturated heterocycles. The Morgan fingerprint density at radius 1 is 0.394 bits per heavy atom. The summed E-state index contributed by atoms with van der Waals surface area (Å²) in [4.78, 5) is 5.45. The molecule has 2 nitrogen and oxygen atoms in total. The molecule has 0 amide bonds. The molecule has 0 aromatic heterocycles. The van der Waals surface area contributed by atoms with Crippen molar-refractivity contribution in [3.63, 3.8) is 0 Å². The fourth-order valence-electron chi connectivity index (χ4n) is 13.2. The van der Waals surface area contributed by atoms with E-state index in [1.165, 1.54) is 128 Å². The number of hydrogen-bond acceptors (Lipinski definition) is 2. The molecule has 0 atom stereocenters. The summed E-state index contributed by atoms with van der Waals surface area (Å²) >= 11 is 0. The van der Waals surface area contributed by atoms with Crippen LogP contribution >= 0.6 is 0 Å². The van der Waals surface area contributed by atoms with Crippen LogP contribution in [-0.2, 0) is 21.7 Å². The standard InChI is InChI=1S/C68H61BN2/c1-65(2,3)45-30-33-47(34-31-45)71-58-37-29-44(42-21-13-11-14-22-42)39-53(58)60-61-52(49-26-18-20-28-55(49)67(61,7)8)41-59-63(60)69(71)56-36-35-50-48-25-17-19-27-54(48)68(9,10)62(50)64(56)70(59)57-38-32-46(66(4,5)6)40-51(57)43-23-15-12-16-24-43/h11-41H,1-10H3. The molecule has 2 aliphatic carbocycles. The summed E-state index contributed by atoms with van der Waals surface area (Å²) in [6.45, 7) is 23.7. The highest BCUT2D eigenvalue weighted by Gasteiger charge is 2.52. The zero-order valence-electron chi connectivity index (χ0n) is 42.9. The number of benzene rings is 9. The summed E-state index contributed by atoms with van der Waals surface area (Å²) in [5.74, 6) is 0. The molecule has 0 N–H and O–H groups in total. The lowest BCUT2D eigenvalue weighted by Crippen LogP contribution is -2.62. The molecular formula is C68H61BN2. The summed E-state index contributed by atoms with van der Waals surface area (Å²) < 4.78 is 0. The van der Waals surface area contributed by atoms with Crippen molar-refractivity contribution in [2.45, 2.75) is 90.9 Å². The quantitative estimate of drug-likeness (QED) is 0.162. The van der Waals surface area contributed by atoms with E-state index in [2.05, 4.69) is 267 Å². The second-order valence-electron chi connectivity index (χ2n) is 23.7. The van der Waals surface area contributed by atoms with Gasteiger partial charge in [-0.2, -0.15) is 0 Å². The SMILES string of the molecule is CC(C)(C)c1ccc(N2B3c4ccc5c(c4N(c4ccc(C(C)(C)C)cc4-c4ccccc4)c4cc6c(c(c43)-c3cc(-c4ccccc4)ccc32)C(C)(C)c2ccccc2-6)C(C)(C)c2ccccc2-5)cc1. The lowest BCUT2D eigenvalue weighted by atomic mass is 9.42. The maximum Gasteiger partial charge on any atom is 0.333 e. The lowest BCUT2D eigenvalue weighted by Gasteiger charge is -2.48. The van der Waals surface area contributed by atoms with Crippen molar-refractivity contribution < 1.29 is 0 Å². The zero-order valence-corrected chi connectivity index (χ0v) is 42.9. The Morgan fingerprint density at radius 2 is 0.958 bits per heavy atom. The van der Waals surface area contributed by atoms with Crippen molar-refractivity contribution in [3.05, 3.63) is 221 Å². The maximum atomic E-state index is 2.74. The van der Waals surface area contributed by atoms with Crippen LogP contribution in [0.4, 0.5) is 28.4 Å². The van der Waals surface area contributed by atoms with E-state index in [1.807, 2.05) is 0 Å². The zero-order chi connectivity index (χ0) is 48.9. The van der Waals surface area contributed by atoms with E-state index in [0.29, 0.717) is 0 Å². The minimum Gasteiger partial charge on any atom is -0.376 e. The minimum absolute atomic E-state index is 0.0158. The van der Waals surface area contributed by atoms with Gasteiger partial charge in [-0.25, -0.2) is 0 Å². The smallest absolute Gasteiger partial charge is 0.333 e. The average Bonchev–Trinajstić information content (AvgIpc) is 3.76. The van der Waals surface area contributed by atoms with Crippen LogP contribution in [0.5, 0.6) is 0 Å². The second-order valence-corrected chi connectivity index (χ2v) is 23.7. The topological polar surface area (TPSA) is 6.48 Å². The number of rotatable bonds is 4. The molecule has 9 aromatic carbocycles. The highest BCUT2D eigenvalue weighted by Crippen LogP contribution is 2.61. The highest BCUT2D eigenvalue weighted by molar-refractivity contribution is 6.93. The van der Waals surface area contributed by atoms with Gasteiger partial charge >= 0.3 is 6.85 Å². The predicted molar refractivity (Wildman–Crippen MR) is 304 cm³/mol. The molecule has 0 fully saturated rings. The van der Waals surface area contributed by atoms with Crippen molar-refractivity contribution in [2.75, 3.05) is 9.71 Å². The third-order valence-corrected chi connectivity index (χ3v) is 16.7. The van der Waals surface area contributed by atoms with Crippen LogP contribution < -0.4 is 20.6 Å². The summed E-state index contributed by atoms with van der Waals surface area (Å²) in [5.41, 5.74) is 29.3. The molecular weight excluding hydrogens is 856 g/mol. The summed E-state index contributed by atoms with van der Waals surface area (Å²) in [6.07, 6.45) is 0. The average molecular weight is 917 g/mol. The highest BCUT2D eigenvalue weighted by atomic mass is 15.2. The van der Waals surface area contributed by atoms with Crippen molar-refractivity contribution in [2.24, 2.45) is 0 Å². The molecule has 71 heavy (non-hydrogen) atoms. The third-order valence-electron chi connectivity index (χ3n) is 16.7. The van der Waals surface area contributed by atoms with Crippen LogP contribution in [-0.4, -0.2) is 6.85 Å². The van der Waals surface area contributed by atoms with Crippen molar-refractivity contribution in [3.8, 4) is 55.6 Å². The first-order chi connectivity index (χ1) is 34.0. The van der Waals surface area contributed by atoms with E-state index < -0.39 is 0 Å². The number of fused-ring (bicyclic) bond motifs is 12. The first kappa shape index (κ1) is 43.6. The van der Waals surface area contributed by atoms with Crippen LogP contribution in [0.2, 0.25) is 0 Å². The van der Waals surface area contributed by atoms with Gasteiger partial charge in [-0.15, -0.1) is 0 Å². The minimum atomic E-state index is -0.296. The molecule has 0 bridgehead atoms. The van der Waals surface area contributed by atoms with Gasteiger partial charge in [0.25, 0.3) is 0 Å². The Hall–Kier alpha value is -7.36. The van der Waals surface area contributed by atoms with Crippen molar-refractivity contribution in [1.82, 2.24) is 0 Å². The van der Waals surface area contributed by atoms with Gasteiger partial charge in [-0.1, -0.05) is 215 Å². The maximum absolute atomic E-state index is 2.74. The molecule has 13 rings (SSSR count). The monoisotopic (exact) mass is 916 g/mol. The summed E-state index contributed by atoms with van der Waals surface area (Å²) in [6, 6.07) is 72.2. The van der Waals surface area contributed by atoms with Crippen LogP contribution in [0.15, 0.2) is 188 Å². The Bertz CT molecular complexity index is 3660. The molecule has 2 aliphatic heterocycles. The summed E-state index contributed by atoms with van der Waals surface area (Å²) in [5, 5.41) is 0. The van der Waals surface area contributed by atoms with E-state index in [-0.39, 0.29) is 28.5 Å². The molecule has 9 aromatic rings. The van der Waals surface area contributed by atoms with Gasteiger partial charge in [-0.3, -0.25) is 0 Å². The van der Waals surface area contributed by atoms with Crippen LogP contribution in [0.1, 0.15) is 103 Å². The van der Waals surface area contributed by atoms with Crippen LogP contribution in [0.3, 0.4) is 0 Å². The van der Waals surface area contributed by atoms with Gasteiger partial charge in [-0.05, 0) is 142 Å². The van der Waals surface area contributed by atoms with Gasteiger partial charge in [0.1, 0.15) is 0 Å². The van der Waals surface area contributed by atoms with E-state index in [1.54, 1.807) is 0 Å². The summed E-state index contributed by atoms with van der Waals surface area (Å²) in [7, 11) is 0.